The summed E-state index contributed by atoms with van der Waals surface area (Å²) in [5.41, 5.74) is 0.663. The van der Waals surface area contributed by atoms with Gasteiger partial charge in [-0.05, 0) is 39.2 Å². The Morgan fingerprint density at radius 2 is 1.75 bits per heavy atom. The number of alkyl carbamates (subject to hydrolysis) is 1. The topological polar surface area (TPSA) is 113 Å². The highest BCUT2D eigenvalue weighted by Crippen LogP contribution is 2.08. The van der Waals surface area contributed by atoms with Crippen LogP contribution in [0, 0.1) is 0 Å². The van der Waals surface area contributed by atoms with Crippen LogP contribution in [0.25, 0.3) is 0 Å². The normalized spacial score (nSPS) is 12.6. The Hall–Kier alpha value is -1.64. The van der Waals surface area contributed by atoms with E-state index in [1.165, 1.54) is 5.56 Å². The van der Waals surface area contributed by atoms with Crippen LogP contribution in [-0.2, 0) is 21.3 Å². The van der Waals surface area contributed by atoms with Crippen LogP contribution in [0.3, 0.4) is 0 Å². The second kappa shape index (κ2) is 10.3. The molecule has 0 radical (unpaired) electrons. The first kappa shape index (κ1) is 22.4. The van der Waals surface area contributed by atoms with Crippen LogP contribution in [-0.4, -0.2) is 48.7 Å². The summed E-state index contributed by atoms with van der Waals surface area (Å²) in [5.74, 6) is 0. The SMILES string of the molecule is CC(C)(C)OC(=O)N[C@@H](CO)CCc1ccccc1.CS(=O)(=O)O. The van der Waals surface area contributed by atoms with E-state index in [2.05, 4.69) is 5.32 Å². The summed E-state index contributed by atoms with van der Waals surface area (Å²) in [6.45, 7) is 5.34. The zero-order chi connectivity index (χ0) is 18.8. The summed E-state index contributed by atoms with van der Waals surface area (Å²) in [5, 5.41) is 12.0. The molecule has 1 aromatic carbocycles. The van der Waals surface area contributed by atoms with E-state index in [9.17, 15) is 18.3 Å². The summed E-state index contributed by atoms with van der Waals surface area (Å²) in [6.07, 6.45) is 1.72. The maximum absolute atomic E-state index is 11.6. The number of aliphatic hydroxyl groups is 1. The van der Waals surface area contributed by atoms with Gasteiger partial charge in [0.05, 0.1) is 18.9 Å². The van der Waals surface area contributed by atoms with Crippen molar-refractivity contribution in [2.75, 3.05) is 12.9 Å². The zero-order valence-electron chi connectivity index (χ0n) is 14.5. The lowest BCUT2D eigenvalue weighted by Gasteiger charge is -2.22. The third kappa shape index (κ3) is 15.3. The second-order valence-electron chi connectivity index (χ2n) is 6.28. The Labute approximate surface area is 143 Å². The standard InChI is InChI=1S/C15H23NO3.CH4O3S/c1-15(2,3)19-14(18)16-13(11-17)10-9-12-7-5-4-6-8-12;1-5(2,3)4/h4-8,13,17H,9-11H2,1-3H3,(H,16,18);1H3,(H,2,3,4)/t13-;/m1./s1. The minimum Gasteiger partial charge on any atom is -0.444 e. The van der Waals surface area contributed by atoms with Gasteiger partial charge >= 0.3 is 6.09 Å². The number of hydrogen-bond donors (Lipinski definition) is 3. The van der Waals surface area contributed by atoms with Crippen molar-refractivity contribution in [3.05, 3.63) is 35.9 Å². The molecule has 24 heavy (non-hydrogen) atoms. The molecule has 0 aliphatic heterocycles. The van der Waals surface area contributed by atoms with E-state index < -0.39 is 21.8 Å². The number of benzene rings is 1. The molecule has 0 saturated heterocycles. The van der Waals surface area contributed by atoms with E-state index in [4.69, 9.17) is 9.29 Å². The van der Waals surface area contributed by atoms with E-state index in [1.54, 1.807) is 0 Å². The average Bonchev–Trinajstić information content (AvgIpc) is 2.40. The summed E-state index contributed by atoms with van der Waals surface area (Å²) < 4.78 is 31.0. The van der Waals surface area contributed by atoms with Gasteiger partial charge in [0, 0.05) is 0 Å². The van der Waals surface area contributed by atoms with Crippen molar-refractivity contribution in [1.29, 1.82) is 0 Å². The predicted octanol–water partition coefficient (Wildman–Crippen LogP) is 2.01. The van der Waals surface area contributed by atoms with Gasteiger partial charge in [-0.1, -0.05) is 30.3 Å². The highest BCUT2D eigenvalue weighted by molar-refractivity contribution is 7.85. The molecular weight excluding hydrogens is 334 g/mol. The molecular formula is C16H27NO6S. The molecule has 0 unspecified atom stereocenters. The molecule has 0 aliphatic rings. The van der Waals surface area contributed by atoms with Crippen molar-refractivity contribution >= 4 is 16.2 Å². The third-order valence-corrected chi connectivity index (χ3v) is 2.57. The van der Waals surface area contributed by atoms with Gasteiger partial charge in [-0.3, -0.25) is 4.55 Å². The molecule has 0 aromatic heterocycles. The van der Waals surface area contributed by atoms with Crippen LogP contribution in [0.2, 0.25) is 0 Å². The molecule has 3 N–H and O–H groups in total. The molecule has 1 atom stereocenters. The lowest BCUT2D eigenvalue weighted by Crippen LogP contribution is -2.41. The van der Waals surface area contributed by atoms with Gasteiger partial charge in [0.2, 0.25) is 0 Å². The van der Waals surface area contributed by atoms with Crippen LogP contribution in [0.5, 0.6) is 0 Å². The molecule has 0 saturated carbocycles. The minimum atomic E-state index is -3.67. The zero-order valence-corrected chi connectivity index (χ0v) is 15.3. The molecule has 1 aromatic rings. The number of nitrogens with one attached hydrogen (secondary N) is 1. The fourth-order valence-corrected chi connectivity index (χ4v) is 1.67. The van der Waals surface area contributed by atoms with Gasteiger partial charge in [0.15, 0.2) is 0 Å². The van der Waals surface area contributed by atoms with Crippen LogP contribution in [0.1, 0.15) is 32.8 Å². The van der Waals surface area contributed by atoms with Crippen molar-refractivity contribution in [3.63, 3.8) is 0 Å². The monoisotopic (exact) mass is 361 g/mol. The number of carbonyl (C=O) groups excluding carboxylic acids is 1. The number of carbonyl (C=O) groups is 1. The van der Waals surface area contributed by atoms with E-state index in [0.717, 1.165) is 6.42 Å². The molecule has 0 aliphatic carbocycles. The Morgan fingerprint density at radius 3 is 2.17 bits per heavy atom. The summed E-state index contributed by atoms with van der Waals surface area (Å²) in [6, 6.07) is 9.69. The van der Waals surface area contributed by atoms with E-state index >= 15 is 0 Å². The van der Waals surface area contributed by atoms with Gasteiger partial charge in [-0.15, -0.1) is 0 Å². The molecule has 138 valence electrons. The molecule has 0 fully saturated rings. The Kier molecular flexibility index (Phi) is 9.57. The van der Waals surface area contributed by atoms with Crippen LogP contribution in [0.15, 0.2) is 30.3 Å². The maximum atomic E-state index is 11.6. The molecule has 0 spiro atoms. The maximum Gasteiger partial charge on any atom is 0.407 e. The van der Waals surface area contributed by atoms with Gasteiger partial charge in [-0.25, -0.2) is 4.79 Å². The minimum absolute atomic E-state index is 0.0912. The number of rotatable bonds is 5. The fraction of sp³-hybridized carbons (Fsp3) is 0.562. The number of ether oxygens (including phenoxy) is 1. The Balaban J connectivity index is 0.000000922. The van der Waals surface area contributed by atoms with Gasteiger partial charge in [0.25, 0.3) is 10.1 Å². The van der Waals surface area contributed by atoms with Gasteiger partial charge in [0.1, 0.15) is 5.60 Å². The molecule has 1 amide bonds. The van der Waals surface area contributed by atoms with E-state index in [1.807, 2.05) is 51.1 Å². The first-order chi connectivity index (χ1) is 10.9. The molecule has 8 heteroatoms. The first-order valence-corrected chi connectivity index (χ1v) is 9.32. The molecule has 1 rings (SSSR count). The average molecular weight is 361 g/mol. The number of aliphatic hydroxyl groups excluding tert-OH is 1. The molecule has 7 nitrogen and oxygen atoms in total. The van der Waals surface area contributed by atoms with Crippen LogP contribution < -0.4 is 5.32 Å². The summed E-state index contributed by atoms with van der Waals surface area (Å²) in [4.78, 5) is 11.6. The predicted molar refractivity (Wildman–Crippen MR) is 92.5 cm³/mol. The van der Waals surface area contributed by atoms with Crippen molar-refractivity contribution in [1.82, 2.24) is 5.32 Å². The summed E-state index contributed by atoms with van der Waals surface area (Å²) >= 11 is 0. The highest BCUT2D eigenvalue weighted by Gasteiger charge is 2.18. The summed E-state index contributed by atoms with van der Waals surface area (Å²) in [7, 11) is -3.67. The smallest absolute Gasteiger partial charge is 0.407 e. The second-order valence-corrected chi connectivity index (χ2v) is 7.75. The first-order valence-electron chi connectivity index (χ1n) is 7.47. The van der Waals surface area contributed by atoms with Gasteiger partial charge < -0.3 is 15.2 Å². The molecule has 0 bridgehead atoms. The Bertz CT molecular complexity index is 572. The van der Waals surface area contributed by atoms with Crippen molar-refractivity contribution in [2.24, 2.45) is 0 Å². The lowest BCUT2D eigenvalue weighted by molar-refractivity contribution is 0.0479. The van der Waals surface area contributed by atoms with Crippen molar-refractivity contribution in [3.8, 4) is 0 Å². The number of aryl methyl sites for hydroxylation is 1. The lowest BCUT2D eigenvalue weighted by atomic mass is 10.1. The Morgan fingerprint density at radius 1 is 1.25 bits per heavy atom. The quantitative estimate of drug-likeness (QED) is 0.692. The number of amides is 1. The van der Waals surface area contributed by atoms with E-state index in [0.29, 0.717) is 12.7 Å². The third-order valence-electron chi connectivity index (χ3n) is 2.57. The van der Waals surface area contributed by atoms with Crippen molar-refractivity contribution in [2.45, 2.75) is 45.3 Å². The van der Waals surface area contributed by atoms with Crippen LogP contribution >= 0.6 is 0 Å². The highest BCUT2D eigenvalue weighted by atomic mass is 32.2. The van der Waals surface area contributed by atoms with Crippen LogP contribution in [0.4, 0.5) is 4.79 Å². The largest absolute Gasteiger partial charge is 0.444 e. The van der Waals surface area contributed by atoms with Gasteiger partial charge in [-0.2, -0.15) is 8.42 Å². The van der Waals surface area contributed by atoms with Crippen molar-refractivity contribution < 1.29 is 27.6 Å². The fourth-order valence-electron chi connectivity index (χ4n) is 1.67. The van der Waals surface area contributed by atoms with E-state index in [-0.39, 0.29) is 12.6 Å². The molecule has 0 heterocycles. The number of hydrogen-bond acceptors (Lipinski definition) is 5.